The molecule has 0 atom stereocenters. The Labute approximate surface area is 185 Å². The van der Waals surface area contributed by atoms with Gasteiger partial charge in [-0.1, -0.05) is 41.7 Å². The number of fused-ring (bicyclic) bond motifs is 1. The van der Waals surface area contributed by atoms with E-state index in [-0.39, 0.29) is 5.91 Å². The number of thioether (sulfide) groups is 1. The molecule has 0 aliphatic rings. The maximum Gasteiger partial charge on any atom is 0.229 e. The number of aromatic nitrogens is 2. The average Bonchev–Trinajstić information content (AvgIpc) is 3.19. The predicted octanol–water partition coefficient (Wildman–Crippen LogP) is 6.11. The second-order valence-corrected chi connectivity index (χ2v) is 9.25. The molecular weight excluding hydrogens is 410 g/mol. The highest BCUT2D eigenvalue weighted by atomic mass is 32.2. The molecule has 4 aromatic rings. The van der Waals surface area contributed by atoms with Gasteiger partial charge in [-0.25, -0.2) is 4.98 Å². The summed E-state index contributed by atoms with van der Waals surface area (Å²) in [6.07, 6.45) is 4.88. The Balaban J connectivity index is 1.48. The van der Waals surface area contributed by atoms with E-state index in [1.165, 1.54) is 10.5 Å². The van der Waals surface area contributed by atoms with Crippen molar-refractivity contribution in [3.8, 4) is 0 Å². The zero-order valence-electron chi connectivity index (χ0n) is 16.8. The number of amides is 1. The maximum atomic E-state index is 13.2. The highest BCUT2D eigenvalue weighted by molar-refractivity contribution is 7.99. The lowest BCUT2D eigenvalue weighted by molar-refractivity contribution is -0.118. The third kappa shape index (κ3) is 5.26. The number of pyridine rings is 1. The van der Waals surface area contributed by atoms with Gasteiger partial charge in [0.2, 0.25) is 5.91 Å². The Hall–Kier alpha value is -2.70. The molecular formula is C24H23N3OS2. The van der Waals surface area contributed by atoms with E-state index in [0.717, 1.165) is 33.1 Å². The van der Waals surface area contributed by atoms with Gasteiger partial charge in [0.15, 0.2) is 5.13 Å². The number of aryl methyl sites for hydroxylation is 1. The molecule has 0 unspecified atom stereocenters. The van der Waals surface area contributed by atoms with Crippen LogP contribution in [0.4, 0.5) is 5.13 Å². The number of carbonyl (C=O) groups excluding carboxylic acids is 1. The van der Waals surface area contributed by atoms with Crippen molar-refractivity contribution in [3.63, 3.8) is 0 Å². The van der Waals surface area contributed by atoms with E-state index in [4.69, 9.17) is 4.98 Å². The van der Waals surface area contributed by atoms with Crippen molar-refractivity contribution in [2.45, 2.75) is 31.2 Å². The molecule has 2 heterocycles. The lowest BCUT2D eigenvalue weighted by Gasteiger charge is -2.20. The Morgan fingerprint density at radius 1 is 1.10 bits per heavy atom. The van der Waals surface area contributed by atoms with Gasteiger partial charge in [-0.3, -0.25) is 14.7 Å². The molecule has 0 aliphatic carbocycles. The second-order valence-electron chi connectivity index (χ2n) is 7.07. The first-order valence-electron chi connectivity index (χ1n) is 9.93. The number of anilines is 1. The summed E-state index contributed by atoms with van der Waals surface area (Å²) in [5, 5.41) is 0.750. The molecule has 0 fully saturated rings. The van der Waals surface area contributed by atoms with Crippen LogP contribution in [0.15, 0.2) is 78.0 Å². The summed E-state index contributed by atoms with van der Waals surface area (Å²) in [4.78, 5) is 25.2. The van der Waals surface area contributed by atoms with E-state index in [1.807, 2.05) is 47.5 Å². The third-order valence-corrected chi connectivity index (χ3v) is 6.81. The Morgan fingerprint density at radius 2 is 1.97 bits per heavy atom. The quantitative estimate of drug-likeness (QED) is 0.249. The third-order valence-electron chi connectivity index (χ3n) is 4.68. The minimum Gasteiger partial charge on any atom is -0.284 e. The molecule has 1 amide bonds. The van der Waals surface area contributed by atoms with Gasteiger partial charge in [0, 0.05) is 23.7 Å². The number of rotatable bonds is 8. The van der Waals surface area contributed by atoms with Crippen molar-refractivity contribution in [2.75, 3.05) is 10.7 Å². The lowest BCUT2D eigenvalue weighted by atomic mass is 10.2. The SMILES string of the molecule is Cc1ccc2nc(N(Cc3cccnc3)C(=O)CCCSc3ccccc3)sc2c1. The van der Waals surface area contributed by atoms with Gasteiger partial charge in [-0.05, 0) is 60.6 Å². The molecule has 0 spiro atoms. The number of hydrogen-bond donors (Lipinski definition) is 0. The molecule has 0 radical (unpaired) electrons. The van der Waals surface area contributed by atoms with E-state index < -0.39 is 0 Å². The standard InChI is InChI=1S/C24H23N3OS2/c1-18-11-12-21-22(15-18)30-24(26-21)27(17-19-7-5-13-25-16-19)23(28)10-6-14-29-20-8-3-2-4-9-20/h2-5,7-9,11-13,15-16H,6,10,14,17H2,1H3. The van der Waals surface area contributed by atoms with Crippen LogP contribution in [0, 0.1) is 6.92 Å². The second kappa shape index (κ2) is 9.87. The Morgan fingerprint density at radius 3 is 2.77 bits per heavy atom. The van der Waals surface area contributed by atoms with Crippen LogP contribution in [0.25, 0.3) is 10.2 Å². The fraction of sp³-hybridized carbons (Fsp3) is 0.208. The molecule has 0 bridgehead atoms. The van der Waals surface area contributed by atoms with Crippen molar-refractivity contribution >= 4 is 44.4 Å². The van der Waals surface area contributed by atoms with E-state index in [0.29, 0.717) is 13.0 Å². The summed E-state index contributed by atoms with van der Waals surface area (Å²) in [5.41, 5.74) is 3.13. The zero-order chi connectivity index (χ0) is 20.8. The van der Waals surface area contributed by atoms with Gasteiger partial charge in [-0.2, -0.15) is 0 Å². The number of nitrogens with zero attached hydrogens (tertiary/aromatic N) is 3. The van der Waals surface area contributed by atoms with Crippen LogP contribution in [-0.4, -0.2) is 21.6 Å². The minimum atomic E-state index is 0.100. The molecule has 30 heavy (non-hydrogen) atoms. The van der Waals surface area contributed by atoms with Gasteiger partial charge in [-0.15, -0.1) is 11.8 Å². The van der Waals surface area contributed by atoms with Crippen LogP contribution >= 0.6 is 23.1 Å². The largest absolute Gasteiger partial charge is 0.284 e. The summed E-state index contributed by atoms with van der Waals surface area (Å²) in [6.45, 7) is 2.55. The highest BCUT2D eigenvalue weighted by Gasteiger charge is 2.20. The summed E-state index contributed by atoms with van der Waals surface area (Å²) in [7, 11) is 0. The van der Waals surface area contributed by atoms with Gasteiger partial charge >= 0.3 is 0 Å². The molecule has 0 aliphatic heterocycles. The van der Waals surface area contributed by atoms with Crippen LogP contribution in [0.2, 0.25) is 0 Å². The van der Waals surface area contributed by atoms with E-state index >= 15 is 0 Å². The fourth-order valence-corrected chi connectivity index (χ4v) is 5.09. The van der Waals surface area contributed by atoms with Crippen molar-refractivity contribution in [3.05, 3.63) is 84.2 Å². The molecule has 0 saturated heterocycles. The van der Waals surface area contributed by atoms with Gasteiger partial charge in [0.05, 0.1) is 16.8 Å². The van der Waals surface area contributed by atoms with E-state index in [1.54, 1.807) is 29.3 Å². The van der Waals surface area contributed by atoms with Gasteiger partial charge in [0.1, 0.15) is 0 Å². The molecule has 152 valence electrons. The van der Waals surface area contributed by atoms with Gasteiger partial charge in [0.25, 0.3) is 0 Å². The van der Waals surface area contributed by atoms with Crippen molar-refractivity contribution < 1.29 is 4.79 Å². The van der Waals surface area contributed by atoms with Crippen molar-refractivity contribution in [2.24, 2.45) is 0 Å². The molecule has 2 aromatic heterocycles. The van der Waals surface area contributed by atoms with Crippen LogP contribution in [0.5, 0.6) is 0 Å². The summed E-state index contributed by atoms with van der Waals surface area (Å²) in [5.74, 6) is 1.01. The number of hydrogen-bond acceptors (Lipinski definition) is 5. The molecule has 6 heteroatoms. The Kier molecular flexibility index (Phi) is 6.77. The molecule has 0 saturated carbocycles. The lowest BCUT2D eigenvalue weighted by Crippen LogP contribution is -2.30. The summed E-state index contributed by atoms with van der Waals surface area (Å²) >= 11 is 3.36. The zero-order valence-corrected chi connectivity index (χ0v) is 18.5. The van der Waals surface area contributed by atoms with Crippen LogP contribution in [-0.2, 0) is 11.3 Å². The molecule has 0 N–H and O–H groups in total. The first-order chi connectivity index (χ1) is 14.7. The first-order valence-corrected chi connectivity index (χ1v) is 11.7. The normalized spacial score (nSPS) is 11.0. The van der Waals surface area contributed by atoms with Crippen LogP contribution in [0.1, 0.15) is 24.0 Å². The topological polar surface area (TPSA) is 46.1 Å². The van der Waals surface area contributed by atoms with Crippen LogP contribution in [0.3, 0.4) is 0 Å². The maximum absolute atomic E-state index is 13.2. The van der Waals surface area contributed by atoms with Crippen LogP contribution < -0.4 is 4.90 Å². The fourth-order valence-electron chi connectivity index (χ4n) is 3.14. The minimum absolute atomic E-state index is 0.100. The monoisotopic (exact) mass is 433 g/mol. The first kappa shape index (κ1) is 20.6. The predicted molar refractivity (Wildman–Crippen MR) is 126 cm³/mol. The molecule has 4 nitrogen and oxygen atoms in total. The van der Waals surface area contributed by atoms with Crippen molar-refractivity contribution in [1.82, 2.24) is 9.97 Å². The Bertz CT molecular complexity index is 1110. The van der Waals surface area contributed by atoms with E-state index in [9.17, 15) is 4.79 Å². The smallest absolute Gasteiger partial charge is 0.229 e. The van der Waals surface area contributed by atoms with E-state index in [2.05, 4.69) is 36.2 Å². The summed E-state index contributed by atoms with van der Waals surface area (Å²) < 4.78 is 1.11. The number of thiazole rings is 1. The average molecular weight is 434 g/mol. The molecule has 2 aromatic carbocycles. The number of carbonyl (C=O) groups is 1. The summed E-state index contributed by atoms with van der Waals surface area (Å²) in [6, 6.07) is 20.4. The van der Waals surface area contributed by atoms with Gasteiger partial charge < -0.3 is 0 Å². The van der Waals surface area contributed by atoms with Crippen molar-refractivity contribution in [1.29, 1.82) is 0 Å². The number of benzene rings is 2. The molecule has 4 rings (SSSR count). The highest BCUT2D eigenvalue weighted by Crippen LogP contribution is 2.31.